The summed E-state index contributed by atoms with van der Waals surface area (Å²) in [4.78, 5) is 24.4. The number of hydrogen-bond acceptors (Lipinski definition) is 3. The number of morpholine rings is 1. The van der Waals surface area contributed by atoms with Gasteiger partial charge in [-0.15, -0.1) is 0 Å². The average molecular weight is 198 g/mol. The molecule has 0 unspecified atom stereocenters. The molecule has 2 amide bonds. The molecule has 1 N–H and O–H groups in total. The van der Waals surface area contributed by atoms with Gasteiger partial charge < -0.3 is 15.0 Å². The predicted molar refractivity (Wildman–Crippen MR) is 48.6 cm³/mol. The molecule has 2 fully saturated rings. The molecular formula is C9H14N2O3. The fourth-order valence-corrected chi connectivity index (χ4v) is 1.38. The molecule has 1 heterocycles. The highest BCUT2D eigenvalue weighted by molar-refractivity contribution is 6.35. The van der Waals surface area contributed by atoms with Crippen molar-refractivity contribution >= 4 is 11.8 Å². The van der Waals surface area contributed by atoms with Crippen LogP contribution in [-0.4, -0.2) is 49.1 Å². The first-order chi connectivity index (χ1) is 6.77. The highest BCUT2D eigenvalue weighted by Crippen LogP contribution is 2.18. The molecule has 78 valence electrons. The number of amides is 2. The Morgan fingerprint density at radius 2 is 1.86 bits per heavy atom. The van der Waals surface area contributed by atoms with Crippen molar-refractivity contribution in [2.24, 2.45) is 0 Å². The van der Waals surface area contributed by atoms with E-state index in [9.17, 15) is 9.59 Å². The minimum atomic E-state index is -0.464. The maximum atomic E-state index is 11.5. The lowest BCUT2D eigenvalue weighted by molar-refractivity contribution is -0.148. The molecule has 0 atom stereocenters. The summed E-state index contributed by atoms with van der Waals surface area (Å²) in [5, 5.41) is 2.68. The smallest absolute Gasteiger partial charge is 0.312 e. The molecule has 2 aliphatic rings. The normalized spacial score (nSPS) is 21.9. The summed E-state index contributed by atoms with van der Waals surface area (Å²) in [6, 6.07) is 0.243. The minimum Gasteiger partial charge on any atom is -0.378 e. The molecule has 0 bridgehead atoms. The Kier molecular flexibility index (Phi) is 2.67. The Morgan fingerprint density at radius 1 is 1.21 bits per heavy atom. The van der Waals surface area contributed by atoms with Gasteiger partial charge in [0.15, 0.2) is 0 Å². The van der Waals surface area contributed by atoms with Crippen molar-refractivity contribution in [3.63, 3.8) is 0 Å². The summed E-state index contributed by atoms with van der Waals surface area (Å²) in [7, 11) is 0. The van der Waals surface area contributed by atoms with Gasteiger partial charge in [-0.1, -0.05) is 0 Å². The van der Waals surface area contributed by atoms with Crippen molar-refractivity contribution in [2.75, 3.05) is 26.3 Å². The molecule has 1 aliphatic carbocycles. The number of carbonyl (C=O) groups excluding carboxylic acids is 2. The van der Waals surface area contributed by atoms with Crippen molar-refractivity contribution in [1.82, 2.24) is 10.2 Å². The quantitative estimate of drug-likeness (QED) is 0.557. The third kappa shape index (κ3) is 2.23. The van der Waals surface area contributed by atoms with Crippen LogP contribution in [0.25, 0.3) is 0 Å². The molecule has 2 rings (SSSR count). The largest absolute Gasteiger partial charge is 0.378 e. The molecule has 1 aliphatic heterocycles. The Morgan fingerprint density at radius 3 is 2.43 bits per heavy atom. The van der Waals surface area contributed by atoms with Crippen LogP contribution in [0.2, 0.25) is 0 Å². The number of hydrogen-bond donors (Lipinski definition) is 1. The van der Waals surface area contributed by atoms with Gasteiger partial charge in [-0.3, -0.25) is 9.59 Å². The zero-order valence-corrected chi connectivity index (χ0v) is 7.99. The first-order valence-electron chi connectivity index (χ1n) is 4.95. The van der Waals surface area contributed by atoms with E-state index in [0.29, 0.717) is 26.3 Å². The molecule has 5 nitrogen and oxygen atoms in total. The van der Waals surface area contributed by atoms with Crippen LogP contribution >= 0.6 is 0 Å². The lowest BCUT2D eigenvalue weighted by atomic mass is 10.4. The molecule has 1 saturated heterocycles. The van der Waals surface area contributed by atoms with Crippen LogP contribution in [0.3, 0.4) is 0 Å². The molecule has 0 radical (unpaired) electrons. The van der Waals surface area contributed by atoms with Crippen LogP contribution in [0.5, 0.6) is 0 Å². The zero-order valence-electron chi connectivity index (χ0n) is 7.99. The molecule has 0 aromatic heterocycles. The Hall–Kier alpha value is -1.10. The van der Waals surface area contributed by atoms with Crippen LogP contribution in [-0.2, 0) is 14.3 Å². The average Bonchev–Trinajstić information content (AvgIpc) is 3.02. The molecule has 14 heavy (non-hydrogen) atoms. The van der Waals surface area contributed by atoms with E-state index in [1.807, 2.05) is 0 Å². The molecular weight excluding hydrogens is 184 g/mol. The van der Waals surface area contributed by atoms with Crippen LogP contribution in [0, 0.1) is 0 Å². The highest BCUT2D eigenvalue weighted by atomic mass is 16.5. The van der Waals surface area contributed by atoms with Crippen molar-refractivity contribution < 1.29 is 14.3 Å². The van der Waals surface area contributed by atoms with Gasteiger partial charge in [0.1, 0.15) is 0 Å². The van der Waals surface area contributed by atoms with Crippen LogP contribution in [0.4, 0.5) is 0 Å². The van der Waals surface area contributed by atoms with E-state index in [4.69, 9.17) is 4.74 Å². The molecule has 5 heteroatoms. The maximum Gasteiger partial charge on any atom is 0.312 e. The lowest BCUT2D eigenvalue weighted by Gasteiger charge is -2.26. The van der Waals surface area contributed by atoms with Crippen LogP contribution in [0.1, 0.15) is 12.8 Å². The standard InChI is InChI=1S/C9H14N2O3/c12-8(10-7-1-2-7)9(13)11-3-5-14-6-4-11/h7H,1-6H2,(H,10,12). The first kappa shape index (κ1) is 9.45. The fraction of sp³-hybridized carbons (Fsp3) is 0.778. The second-order valence-corrected chi connectivity index (χ2v) is 3.65. The third-order valence-corrected chi connectivity index (χ3v) is 2.41. The number of carbonyl (C=O) groups is 2. The summed E-state index contributed by atoms with van der Waals surface area (Å²) >= 11 is 0. The van der Waals surface area contributed by atoms with Crippen molar-refractivity contribution in [2.45, 2.75) is 18.9 Å². The molecule has 0 aromatic carbocycles. The minimum absolute atomic E-state index is 0.243. The number of rotatable bonds is 1. The van der Waals surface area contributed by atoms with E-state index in [-0.39, 0.29) is 6.04 Å². The Balaban J connectivity index is 1.82. The summed E-state index contributed by atoms with van der Waals surface area (Å²) in [5.74, 6) is -0.880. The van der Waals surface area contributed by atoms with Crippen molar-refractivity contribution in [1.29, 1.82) is 0 Å². The van der Waals surface area contributed by atoms with Gasteiger partial charge in [0.05, 0.1) is 13.2 Å². The number of ether oxygens (including phenoxy) is 1. The van der Waals surface area contributed by atoms with E-state index in [0.717, 1.165) is 12.8 Å². The van der Waals surface area contributed by atoms with Crippen molar-refractivity contribution in [3.05, 3.63) is 0 Å². The zero-order chi connectivity index (χ0) is 9.97. The lowest BCUT2D eigenvalue weighted by Crippen LogP contribution is -2.48. The van der Waals surface area contributed by atoms with Gasteiger partial charge in [-0.05, 0) is 12.8 Å². The Bertz CT molecular complexity index is 244. The summed E-state index contributed by atoms with van der Waals surface area (Å²) in [5.41, 5.74) is 0. The third-order valence-electron chi connectivity index (χ3n) is 2.41. The maximum absolute atomic E-state index is 11.5. The summed E-state index contributed by atoms with van der Waals surface area (Å²) in [6.07, 6.45) is 2.00. The van der Waals surface area contributed by atoms with Crippen LogP contribution < -0.4 is 5.32 Å². The summed E-state index contributed by atoms with van der Waals surface area (Å²) < 4.78 is 5.10. The number of nitrogens with one attached hydrogen (secondary N) is 1. The van der Waals surface area contributed by atoms with E-state index >= 15 is 0 Å². The van der Waals surface area contributed by atoms with E-state index in [2.05, 4.69) is 5.32 Å². The van der Waals surface area contributed by atoms with Gasteiger partial charge in [0.25, 0.3) is 0 Å². The second kappa shape index (κ2) is 3.96. The predicted octanol–water partition coefficient (Wildman–Crippen LogP) is -0.876. The van der Waals surface area contributed by atoms with Gasteiger partial charge in [0.2, 0.25) is 0 Å². The van der Waals surface area contributed by atoms with E-state index < -0.39 is 11.8 Å². The molecule has 1 saturated carbocycles. The van der Waals surface area contributed by atoms with Crippen molar-refractivity contribution in [3.8, 4) is 0 Å². The fourth-order valence-electron chi connectivity index (χ4n) is 1.38. The van der Waals surface area contributed by atoms with Gasteiger partial charge in [-0.25, -0.2) is 0 Å². The van der Waals surface area contributed by atoms with Crippen LogP contribution in [0.15, 0.2) is 0 Å². The highest BCUT2D eigenvalue weighted by Gasteiger charge is 2.29. The molecule has 0 spiro atoms. The second-order valence-electron chi connectivity index (χ2n) is 3.65. The van der Waals surface area contributed by atoms with Gasteiger partial charge in [-0.2, -0.15) is 0 Å². The van der Waals surface area contributed by atoms with Gasteiger partial charge in [0, 0.05) is 19.1 Å². The topological polar surface area (TPSA) is 58.6 Å². The SMILES string of the molecule is O=C(NC1CC1)C(=O)N1CCOCC1. The number of nitrogens with zero attached hydrogens (tertiary/aromatic N) is 1. The summed E-state index contributed by atoms with van der Waals surface area (Å²) in [6.45, 7) is 2.11. The Labute approximate surface area is 82.4 Å². The monoisotopic (exact) mass is 198 g/mol. The van der Waals surface area contributed by atoms with E-state index in [1.54, 1.807) is 4.90 Å². The molecule has 0 aromatic rings. The van der Waals surface area contributed by atoms with E-state index in [1.165, 1.54) is 0 Å². The van der Waals surface area contributed by atoms with Gasteiger partial charge >= 0.3 is 11.8 Å². The first-order valence-corrected chi connectivity index (χ1v) is 4.95.